The molecule has 1 rings (SSSR count). The summed E-state index contributed by atoms with van der Waals surface area (Å²) in [4.78, 5) is 45.8. The number of hydrogen-bond donors (Lipinski definition) is 4. The smallest absolute Gasteiger partial charge is 0.330 e. The zero-order chi connectivity index (χ0) is 19.7. The first kappa shape index (κ1) is 21.1. The van der Waals surface area contributed by atoms with Crippen LogP contribution < -0.4 is 16.0 Å². The van der Waals surface area contributed by atoms with Crippen LogP contribution in [0.1, 0.15) is 42.5 Å². The molecule has 142 valence electrons. The van der Waals surface area contributed by atoms with E-state index in [-0.39, 0.29) is 31.2 Å². The number of aryl methyl sites for hydroxylation is 2. The molecule has 0 aromatic heterocycles. The highest BCUT2D eigenvalue weighted by Crippen LogP contribution is 2.17. The summed E-state index contributed by atoms with van der Waals surface area (Å²) in [6.45, 7) is 5.73. The molecule has 0 spiro atoms. The van der Waals surface area contributed by atoms with E-state index in [1.807, 2.05) is 13.8 Å². The van der Waals surface area contributed by atoms with Crippen molar-refractivity contribution in [3.05, 3.63) is 34.9 Å². The summed E-state index contributed by atoms with van der Waals surface area (Å²) in [5.41, 5.74) is 2.44. The fourth-order valence-electron chi connectivity index (χ4n) is 2.22. The fraction of sp³-hybridized carbons (Fsp3) is 0.444. The second-order valence-corrected chi connectivity index (χ2v) is 6.02. The van der Waals surface area contributed by atoms with Crippen LogP contribution in [-0.4, -0.2) is 41.9 Å². The molecule has 1 aromatic carbocycles. The summed E-state index contributed by atoms with van der Waals surface area (Å²) < 4.78 is 0. The molecule has 4 N–H and O–H groups in total. The first-order chi connectivity index (χ1) is 12.2. The molecule has 0 radical (unpaired) electrons. The van der Waals surface area contributed by atoms with E-state index in [1.54, 1.807) is 18.2 Å². The molecular formula is C18H25N3O5. The van der Waals surface area contributed by atoms with Crippen molar-refractivity contribution >= 4 is 23.7 Å². The molecular weight excluding hydrogens is 338 g/mol. The summed E-state index contributed by atoms with van der Waals surface area (Å²) in [5.74, 6) is -2.22. The Morgan fingerprint density at radius 2 is 1.58 bits per heavy atom. The van der Waals surface area contributed by atoms with Gasteiger partial charge in [-0.25, -0.2) is 4.79 Å². The number of nitrogens with one attached hydrogen (secondary N) is 3. The lowest BCUT2D eigenvalue weighted by Gasteiger charge is -2.16. The minimum atomic E-state index is -1.17. The van der Waals surface area contributed by atoms with Gasteiger partial charge in [0.2, 0.25) is 17.7 Å². The van der Waals surface area contributed by atoms with Gasteiger partial charge in [0.1, 0.15) is 0 Å². The van der Waals surface area contributed by atoms with Gasteiger partial charge in [-0.15, -0.1) is 0 Å². The van der Waals surface area contributed by atoms with Crippen LogP contribution in [0.5, 0.6) is 0 Å². The highest BCUT2D eigenvalue weighted by Gasteiger charge is 2.22. The number of benzene rings is 1. The number of rotatable bonds is 9. The van der Waals surface area contributed by atoms with E-state index in [0.717, 1.165) is 11.1 Å². The molecule has 1 unspecified atom stereocenters. The number of aliphatic carboxylic acids is 1. The van der Waals surface area contributed by atoms with E-state index in [9.17, 15) is 24.3 Å². The molecule has 0 saturated heterocycles. The molecule has 0 aliphatic rings. The Balaban J connectivity index is 2.50. The molecule has 0 heterocycles. The van der Waals surface area contributed by atoms with Crippen molar-refractivity contribution in [3.8, 4) is 0 Å². The third kappa shape index (κ3) is 7.33. The number of carboxylic acids is 1. The molecule has 26 heavy (non-hydrogen) atoms. The summed E-state index contributed by atoms with van der Waals surface area (Å²) in [6.07, 6.45) is -0.189. The second kappa shape index (κ2) is 10.2. The van der Waals surface area contributed by atoms with Crippen molar-refractivity contribution in [2.45, 2.75) is 39.7 Å². The molecule has 1 aromatic rings. The Morgan fingerprint density at radius 1 is 0.962 bits per heavy atom. The van der Waals surface area contributed by atoms with Gasteiger partial charge >= 0.3 is 5.97 Å². The van der Waals surface area contributed by atoms with E-state index in [1.165, 1.54) is 6.92 Å². The van der Waals surface area contributed by atoms with Crippen LogP contribution in [0.4, 0.5) is 0 Å². The minimum Gasteiger partial charge on any atom is -0.479 e. The number of hydrogen-bond acceptors (Lipinski definition) is 4. The first-order valence-electron chi connectivity index (χ1n) is 8.31. The van der Waals surface area contributed by atoms with Crippen molar-refractivity contribution in [2.75, 3.05) is 13.1 Å². The maximum Gasteiger partial charge on any atom is 0.330 e. The quantitative estimate of drug-likeness (QED) is 0.478. The Kier molecular flexibility index (Phi) is 8.27. The van der Waals surface area contributed by atoms with Crippen LogP contribution in [0.2, 0.25) is 0 Å². The maximum absolute atomic E-state index is 12.0. The SMILES string of the molecule is CC(=O)NCCNC(=O)CCC(=O)NC(C(=O)O)c1ccc(C)c(C)c1. The maximum atomic E-state index is 12.0. The standard InChI is InChI=1S/C18H25N3O5/c1-11-4-5-14(10-12(11)2)17(18(25)26)21-16(24)7-6-15(23)20-9-8-19-13(3)22/h4-5,10,17H,6-9H2,1-3H3,(H,19,22)(H,20,23)(H,21,24)(H,25,26). The van der Waals surface area contributed by atoms with E-state index in [2.05, 4.69) is 16.0 Å². The van der Waals surface area contributed by atoms with E-state index in [4.69, 9.17) is 0 Å². The lowest BCUT2D eigenvalue weighted by Crippen LogP contribution is -2.36. The summed E-state index contributed by atoms with van der Waals surface area (Å²) >= 11 is 0. The normalized spacial score (nSPS) is 11.3. The van der Waals surface area contributed by atoms with Gasteiger partial charge in [-0.2, -0.15) is 0 Å². The molecule has 1 atom stereocenters. The first-order valence-corrected chi connectivity index (χ1v) is 8.31. The molecule has 0 aliphatic heterocycles. The summed E-state index contributed by atoms with van der Waals surface area (Å²) in [6, 6.07) is 4.03. The van der Waals surface area contributed by atoms with Gasteiger partial charge in [0.05, 0.1) is 0 Å². The second-order valence-electron chi connectivity index (χ2n) is 6.02. The molecule has 8 nitrogen and oxygen atoms in total. The van der Waals surface area contributed by atoms with E-state index >= 15 is 0 Å². The zero-order valence-electron chi connectivity index (χ0n) is 15.2. The van der Waals surface area contributed by atoms with Crippen LogP contribution in [0, 0.1) is 13.8 Å². The summed E-state index contributed by atoms with van der Waals surface area (Å²) in [7, 11) is 0. The Bertz CT molecular complexity index is 687. The molecule has 0 aliphatic carbocycles. The number of carbonyl (C=O) groups is 4. The Labute approximate surface area is 152 Å². The Hall–Kier alpha value is -2.90. The number of carbonyl (C=O) groups excluding carboxylic acids is 3. The minimum absolute atomic E-state index is 0.0643. The third-order valence-electron chi connectivity index (χ3n) is 3.82. The average Bonchev–Trinajstić information content (AvgIpc) is 2.57. The average molecular weight is 363 g/mol. The molecule has 0 saturated carbocycles. The van der Waals surface area contributed by atoms with Gasteiger partial charge in [-0.05, 0) is 30.5 Å². The molecule has 3 amide bonds. The number of amides is 3. The van der Waals surface area contributed by atoms with Crippen LogP contribution in [-0.2, 0) is 19.2 Å². The molecule has 0 fully saturated rings. The topological polar surface area (TPSA) is 125 Å². The highest BCUT2D eigenvalue weighted by molar-refractivity contribution is 5.87. The van der Waals surface area contributed by atoms with Gasteiger partial charge in [0, 0.05) is 32.9 Å². The summed E-state index contributed by atoms with van der Waals surface area (Å²) in [5, 5.41) is 16.9. The molecule has 8 heteroatoms. The lowest BCUT2D eigenvalue weighted by atomic mass is 10.0. The monoisotopic (exact) mass is 363 g/mol. The van der Waals surface area contributed by atoms with Gasteiger partial charge in [0.15, 0.2) is 6.04 Å². The Morgan fingerprint density at radius 3 is 2.15 bits per heavy atom. The third-order valence-corrected chi connectivity index (χ3v) is 3.82. The lowest BCUT2D eigenvalue weighted by molar-refractivity contribution is -0.142. The van der Waals surface area contributed by atoms with E-state index < -0.39 is 17.9 Å². The van der Waals surface area contributed by atoms with Crippen molar-refractivity contribution in [3.63, 3.8) is 0 Å². The van der Waals surface area contributed by atoms with Crippen molar-refractivity contribution in [1.82, 2.24) is 16.0 Å². The van der Waals surface area contributed by atoms with Gasteiger partial charge in [0.25, 0.3) is 0 Å². The molecule has 0 bridgehead atoms. The largest absolute Gasteiger partial charge is 0.479 e. The predicted octanol–water partition coefficient (Wildman–Crippen LogP) is 0.578. The van der Waals surface area contributed by atoms with Crippen molar-refractivity contribution < 1.29 is 24.3 Å². The van der Waals surface area contributed by atoms with Crippen LogP contribution in [0.15, 0.2) is 18.2 Å². The fourth-order valence-corrected chi connectivity index (χ4v) is 2.22. The van der Waals surface area contributed by atoms with Crippen LogP contribution in [0.3, 0.4) is 0 Å². The van der Waals surface area contributed by atoms with Crippen molar-refractivity contribution in [2.24, 2.45) is 0 Å². The predicted molar refractivity (Wildman–Crippen MR) is 95.4 cm³/mol. The number of carboxylic acid groups (broad SMARTS) is 1. The van der Waals surface area contributed by atoms with Gasteiger partial charge in [-0.1, -0.05) is 18.2 Å². The van der Waals surface area contributed by atoms with Gasteiger partial charge in [-0.3, -0.25) is 14.4 Å². The zero-order valence-corrected chi connectivity index (χ0v) is 15.2. The van der Waals surface area contributed by atoms with E-state index in [0.29, 0.717) is 12.1 Å². The van der Waals surface area contributed by atoms with Crippen LogP contribution in [0.25, 0.3) is 0 Å². The van der Waals surface area contributed by atoms with Gasteiger partial charge < -0.3 is 21.1 Å². The highest BCUT2D eigenvalue weighted by atomic mass is 16.4. The van der Waals surface area contributed by atoms with Crippen molar-refractivity contribution in [1.29, 1.82) is 0 Å². The van der Waals surface area contributed by atoms with Crippen LogP contribution >= 0.6 is 0 Å².